The van der Waals surface area contributed by atoms with Gasteiger partial charge in [0.1, 0.15) is 17.4 Å². The molecule has 1 heterocycles. The first kappa shape index (κ1) is 28.2. The lowest BCUT2D eigenvalue weighted by atomic mass is 9.84. The largest absolute Gasteiger partial charge is 0.496 e. The van der Waals surface area contributed by atoms with Crippen LogP contribution in [-0.2, 0) is 12.8 Å². The van der Waals surface area contributed by atoms with Gasteiger partial charge in [-0.15, -0.1) is 0 Å². The molecule has 0 aliphatic heterocycles. The molecule has 0 saturated heterocycles. The second kappa shape index (κ2) is 11.1. The smallest absolute Gasteiger partial charge is 0.416 e. The van der Waals surface area contributed by atoms with Crippen molar-refractivity contribution in [1.29, 1.82) is 0 Å². The first-order valence-electron chi connectivity index (χ1n) is 12.0. The van der Waals surface area contributed by atoms with Crippen molar-refractivity contribution in [3.05, 3.63) is 106 Å². The number of aliphatic hydroxyl groups is 1. The predicted molar refractivity (Wildman–Crippen MR) is 136 cm³/mol. The van der Waals surface area contributed by atoms with Crippen LogP contribution in [0.25, 0.3) is 22.4 Å². The van der Waals surface area contributed by atoms with Gasteiger partial charge in [0.2, 0.25) is 0 Å². The Morgan fingerprint density at radius 2 is 1.51 bits per heavy atom. The van der Waals surface area contributed by atoms with E-state index >= 15 is 4.39 Å². The van der Waals surface area contributed by atoms with Crippen LogP contribution in [-0.4, -0.2) is 17.2 Å². The summed E-state index contributed by atoms with van der Waals surface area (Å²) >= 11 is 0. The number of aromatic nitrogens is 1. The molecule has 1 N–H and O–H groups in total. The Labute approximate surface area is 221 Å². The van der Waals surface area contributed by atoms with Gasteiger partial charge in [0.15, 0.2) is 6.17 Å². The third kappa shape index (κ3) is 5.63. The van der Waals surface area contributed by atoms with Crippen LogP contribution in [0.5, 0.6) is 5.75 Å². The number of ether oxygens (including phenoxy) is 1. The number of rotatable bonds is 7. The van der Waals surface area contributed by atoms with Crippen LogP contribution in [0.1, 0.15) is 53.9 Å². The molecule has 3 nitrogen and oxygen atoms in total. The summed E-state index contributed by atoms with van der Waals surface area (Å²) < 4.78 is 89.2. The van der Waals surface area contributed by atoms with Crippen molar-refractivity contribution in [2.24, 2.45) is 0 Å². The highest BCUT2D eigenvalue weighted by molar-refractivity contribution is 5.83. The molecule has 0 bridgehead atoms. The summed E-state index contributed by atoms with van der Waals surface area (Å²) in [6.45, 7) is 2.91. The highest BCUT2D eigenvalue weighted by Gasteiger charge is 2.33. The van der Waals surface area contributed by atoms with Crippen LogP contribution in [0.4, 0.5) is 26.3 Å². The molecule has 39 heavy (non-hydrogen) atoms. The number of hydrogen-bond donors (Lipinski definition) is 1. The number of benzene rings is 3. The van der Waals surface area contributed by atoms with E-state index in [4.69, 9.17) is 4.74 Å². The van der Waals surface area contributed by atoms with E-state index in [1.165, 1.54) is 37.4 Å². The Bertz CT molecular complexity index is 1470. The van der Waals surface area contributed by atoms with Crippen molar-refractivity contribution in [1.82, 2.24) is 4.98 Å². The SMILES string of the molecule is COc1cc(F)ccc1-c1c(CO)c(-c2ccc(F)cc2)nc(C(C)C)c1C(F)c1ccc(C(F)(F)F)cc1. The minimum Gasteiger partial charge on any atom is -0.496 e. The van der Waals surface area contributed by atoms with E-state index in [0.717, 1.165) is 36.4 Å². The summed E-state index contributed by atoms with van der Waals surface area (Å²) in [4.78, 5) is 4.69. The van der Waals surface area contributed by atoms with Gasteiger partial charge in [-0.05, 0) is 60.0 Å². The van der Waals surface area contributed by atoms with Gasteiger partial charge in [-0.3, -0.25) is 4.98 Å². The zero-order chi connectivity index (χ0) is 28.5. The number of nitrogens with zero attached hydrogens (tertiary/aromatic N) is 1. The third-order valence-electron chi connectivity index (χ3n) is 6.40. The Balaban J connectivity index is 2.09. The molecule has 204 valence electrons. The monoisotopic (exact) mass is 545 g/mol. The number of halogens is 6. The number of aliphatic hydroxyl groups excluding tert-OH is 1. The molecule has 3 aromatic carbocycles. The third-order valence-corrected chi connectivity index (χ3v) is 6.40. The zero-order valence-electron chi connectivity index (χ0n) is 21.3. The molecule has 0 saturated carbocycles. The fraction of sp³-hybridized carbons (Fsp3) is 0.233. The van der Waals surface area contributed by atoms with Crippen molar-refractivity contribution < 1.29 is 36.2 Å². The van der Waals surface area contributed by atoms with E-state index in [9.17, 15) is 27.1 Å². The highest BCUT2D eigenvalue weighted by Crippen LogP contribution is 2.46. The van der Waals surface area contributed by atoms with Crippen molar-refractivity contribution in [3.63, 3.8) is 0 Å². The molecule has 0 amide bonds. The lowest BCUT2D eigenvalue weighted by Gasteiger charge is -2.26. The Morgan fingerprint density at radius 1 is 0.897 bits per heavy atom. The lowest BCUT2D eigenvalue weighted by Crippen LogP contribution is -2.13. The van der Waals surface area contributed by atoms with Gasteiger partial charge < -0.3 is 9.84 Å². The van der Waals surface area contributed by atoms with Crippen molar-refractivity contribution in [3.8, 4) is 28.1 Å². The maximum absolute atomic E-state index is 16.5. The Kier molecular flexibility index (Phi) is 8.02. The number of hydrogen-bond acceptors (Lipinski definition) is 3. The minimum atomic E-state index is -4.59. The summed E-state index contributed by atoms with van der Waals surface area (Å²) in [6.07, 6.45) is -6.56. The van der Waals surface area contributed by atoms with Crippen LogP contribution in [0.3, 0.4) is 0 Å². The fourth-order valence-corrected chi connectivity index (χ4v) is 4.54. The van der Waals surface area contributed by atoms with Crippen LogP contribution in [0, 0.1) is 11.6 Å². The zero-order valence-corrected chi connectivity index (χ0v) is 21.3. The number of pyridine rings is 1. The van der Waals surface area contributed by atoms with E-state index in [1.54, 1.807) is 13.8 Å². The first-order chi connectivity index (χ1) is 18.5. The summed E-state index contributed by atoms with van der Waals surface area (Å²) in [5.41, 5.74) is 0.564. The van der Waals surface area contributed by atoms with Crippen LogP contribution in [0.15, 0.2) is 66.7 Å². The molecule has 1 unspecified atom stereocenters. The molecular weight excluding hydrogens is 520 g/mol. The number of methoxy groups -OCH3 is 1. The highest BCUT2D eigenvalue weighted by atomic mass is 19.4. The molecule has 1 aromatic heterocycles. The molecule has 0 spiro atoms. The van der Waals surface area contributed by atoms with Gasteiger partial charge in [0.25, 0.3) is 0 Å². The molecule has 9 heteroatoms. The maximum Gasteiger partial charge on any atom is 0.416 e. The average Bonchev–Trinajstić information content (AvgIpc) is 2.91. The Hall–Kier alpha value is -3.85. The summed E-state index contributed by atoms with van der Waals surface area (Å²) in [7, 11) is 1.31. The average molecular weight is 546 g/mol. The summed E-state index contributed by atoms with van der Waals surface area (Å²) in [5.74, 6) is -1.43. The normalized spacial score (nSPS) is 12.6. The van der Waals surface area contributed by atoms with Crippen LogP contribution < -0.4 is 4.74 Å². The Morgan fingerprint density at radius 3 is 2.05 bits per heavy atom. The van der Waals surface area contributed by atoms with Gasteiger partial charge in [-0.25, -0.2) is 13.2 Å². The molecule has 4 rings (SSSR count). The molecule has 0 radical (unpaired) electrons. The van der Waals surface area contributed by atoms with Gasteiger partial charge in [0.05, 0.1) is 30.7 Å². The van der Waals surface area contributed by atoms with E-state index in [0.29, 0.717) is 5.56 Å². The number of alkyl halides is 4. The topological polar surface area (TPSA) is 42.4 Å². The predicted octanol–water partition coefficient (Wildman–Crippen LogP) is 8.40. The molecule has 0 aliphatic carbocycles. The molecule has 4 aromatic rings. The maximum atomic E-state index is 16.5. The van der Waals surface area contributed by atoms with Crippen molar-refractivity contribution >= 4 is 0 Å². The van der Waals surface area contributed by atoms with E-state index in [2.05, 4.69) is 4.98 Å². The second-order valence-electron chi connectivity index (χ2n) is 9.26. The van der Waals surface area contributed by atoms with Crippen LogP contribution in [0.2, 0.25) is 0 Å². The second-order valence-corrected chi connectivity index (χ2v) is 9.26. The van der Waals surface area contributed by atoms with E-state index < -0.39 is 36.2 Å². The molecule has 0 fully saturated rings. The molecule has 1 atom stereocenters. The standard InChI is InChI=1S/C30H25F6NO2/c1-16(2)28-26(27(33)17-4-8-19(9-5-17)30(34,35)36)25(22-13-12-21(32)14-24(22)39-3)23(15-38)29(37-28)18-6-10-20(31)11-7-18/h4-14,16,27,38H,15H2,1-3H3. The summed E-state index contributed by atoms with van der Waals surface area (Å²) in [5, 5.41) is 10.6. The van der Waals surface area contributed by atoms with Gasteiger partial charge in [0, 0.05) is 33.9 Å². The van der Waals surface area contributed by atoms with E-state index in [1.807, 2.05) is 0 Å². The van der Waals surface area contributed by atoms with Gasteiger partial charge in [-0.1, -0.05) is 26.0 Å². The summed E-state index contributed by atoms with van der Waals surface area (Å²) in [6, 6.07) is 12.7. The van der Waals surface area contributed by atoms with Gasteiger partial charge in [-0.2, -0.15) is 13.2 Å². The van der Waals surface area contributed by atoms with Gasteiger partial charge >= 0.3 is 6.18 Å². The van der Waals surface area contributed by atoms with E-state index in [-0.39, 0.29) is 50.9 Å². The lowest BCUT2D eigenvalue weighted by molar-refractivity contribution is -0.137. The molecular formula is C30H25F6NO2. The van der Waals surface area contributed by atoms with Crippen molar-refractivity contribution in [2.75, 3.05) is 7.11 Å². The first-order valence-corrected chi connectivity index (χ1v) is 12.0. The van der Waals surface area contributed by atoms with Crippen molar-refractivity contribution in [2.45, 2.75) is 38.7 Å². The quantitative estimate of drug-likeness (QED) is 0.237. The minimum absolute atomic E-state index is 0.00424. The fourth-order valence-electron chi connectivity index (χ4n) is 4.54. The molecule has 0 aliphatic rings. The van der Waals surface area contributed by atoms with Crippen LogP contribution >= 0.6 is 0 Å².